The molecule has 0 radical (unpaired) electrons. The number of methoxy groups -OCH3 is 2. The average molecular weight is 295 g/mol. The van der Waals surface area contributed by atoms with Gasteiger partial charge in [-0.25, -0.2) is 0 Å². The van der Waals surface area contributed by atoms with Crippen molar-refractivity contribution in [2.45, 2.75) is 39.7 Å². The SMILES string of the molecule is CCCCOc1c(OC)cc(C(=O)NC(C)C)cc1OC. The molecule has 0 saturated carbocycles. The monoisotopic (exact) mass is 295 g/mol. The third-order valence-corrected chi connectivity index (χ3v) is 2.89. The fourth-order valence-electron chi connectivity index (χ4n) is 1.82. The standard InChI is InChI=1S/C16H25NO4/c1-6-7-8-21-15-13(19-4)9-12(10-14(15)20-5)16(18)17-11(2)3/h9-11H,6-8H2,1-5H3,(H,17,18). The lowest BCUT2D eigenvalue weighted by molar-refractivity contribution is 0.0942. The first-order valence-corrected chi connectivity index (χ1v) is 7.23. The lowest BCUT2D eigenvalue weighted by Gasteiger charge is -2.16. The van der Waals surface area contributed by atoms with Crippen LogP contribution in [0.3, 0.4) is 0 Å². The van der Waals surface area contributed by atoms with Gasteiger partial charge in [0, 0.05) is 11.6 Å². The minimum Gasteiger partial charge on any atom is -0.493 e. The molecule has 0 aliphatic rings. The van der Waals surface area contributed by atoms with Crippen LogP contribution in [0.15, 0.2) is 12.1 Å². The van der Waals surface area contributed by atoms with Gasteiger partial charge in [-0.05, 0) is 32.4 Å². The summed E-state index contributed by atoms with van der Waals surface area (Å²) in [4.78, 5) is 12.1. The molecule has 0 saturated heterocycles. The largest absolute Gasteiger partial charge is 0.493 e. The quantitative estimate of drug-likeness (QED) is 0.749. The second kappa shape index (κ2) is 8.39. The Bertz CT molecular complexity index is 446. The van der Waals surface area contributed by atoms with Gasteiger partial charge in [0.25, 0.3) is 5.91 Å². The Morgan fingerprint density at radius 1 is 1.19 bits per heavy atom. The van der Waals surface area contributed by atoms with E-state index in [-0.39, 0.29) is 11.9 Å². The van der Waals surface area contributed by atoms with Crippen molar-refractivity contribution in [3.05, 3.63) is 17.7 Å². The molecular weight excluding hydrogens is 270 g/mol. The fraction of sp³-hybridized carbons (Fsp3) is 0.562. The van der Waals surface area contributed by atoms with Gasteiger partial charge in [-0.1, -0.05) is 13.3 Å². The van der Waals surface area contributed by atoms with Crippen LogP contribution in [0.5, 0.6) is 17.2 Å². The molecule has 21 heavy (non-hydrogen) atoms. The number of carbonyl (C=O) groups is 1. The van der Waals surface area contributed by atoms with E-state index in [9.17, 15) is 4.79 Å². The molecule has 0 aromatic heterocycles. The third kappa shape index (κ3) is 4.85. The first kappa shape index (κ1) is 17.1. The van der Waals surface area contributed by atoms with E-state index in [2.05, 4.69) is 12.2 Å². The van der Waals surface area contributed by atoms with Crippen LogP contribution in [0.4, 0.5) is 0 Å². The van der Waals surface area contributed by atoms with E-state index in [0.717, 1.165) is 12.8 Å². The fourth-order valence-corrected chi connectivity index (χ4v) is 1.82. The molecule has 0 aliphatic heterocycles. The van der Waals surface area contributed by atoms with Crippen molar-refractivity contribution in [2.24, 2.45) is 0 Å². The maximum Gasteiger partial charge on any atom is 0.251 e. The van der Waals surface area contributed by atoms with Gasteiger partial charge in [0.05, 0.1) is 20.8 Å². The minimum atomic E-state index is -0.165. The Balaban J connectivity index is 3.07. The van der Waals surface area contributed by atoms with Crippen LogP contribution in [0, 0.1) is 0 Å². The summed E-state index contributed by atoms with van der Waals surface area (Å²) in [5, 5.41) is 2.84. The number of hydrogen-bond donors (Lipinski definition) is 1. The highest BCUT2D eigenvalue weighted by Crippen LogP contribution is 2.38. The lowest BCUT2D eigenvalue weighted by atomic mass is 10.1. The van der Waals surface area contributed by atoms with E-state index in [0.29, 0.717) is 29.4 Å². The Hall–Kier alpha value is -1.91. The van der Waals surface area contributed by atoms with Crippen molar-refractivity contribution in [1.29, 1.82) is 0 Å². The van der Waals surface area contributed by atoms with Crippen molar-refractivity contribution in [2.75, 3.05) is 20.8 Å². The van der Waals surface area contributed by atoms with Crippen molar-refractivity contribution in [3.8, 4) is 17.2 Å². The van der Waals surface area contributed by atoms with Crippen molar-refractivity contribution in [3.63, 3.8) is 0 Å². The van der Waals surface area contributed by atoms with Gasteiger partial charge < -0.3 is 19.5 Å². The zero-order chi connectivity index (χ0) is 15.8. The van der Waals surface area contributed by atoms with Gasteiger partial charge in [-0.2, -0.15) is 0 Å². The van der Waals surface area contributed by atoms with E-state index in [4.69, 9.17) is 14.2 Å². The van der Waals surface area contributed by atoms with E-state index in [1.54, 1.807) is 26.4 Å². The number of benzene rings is 1. The Morgan fingerprint density at radius 2 is 1.76 bits per heavy atom. The first-order valence-electron chi connectivity index (χ1n) is 7.23. The Morgan fingerprint density at radius 3 is 2.19 bits per heavy atom. The summed E-state index contributed by atoms with van der Waals surface area (Å²) in [7, 11) is 3.09. The van der Waals surface area contributed by atoms with E-state index < -0.39 is 0 Å². The summed E-state index contributed by atoms with van der Waals surface area (Å²) >= 11 is 0. The number of unbranched alkanes of at least 4 members (excludes halogenated alkanes) is 1. The second-order valence-corrected chi connectivity index (χ2v) is 5.04. The van der Waals surface area contributed by atoms with Crippen LogP contribution >= 0.6 is 0 Å². The predicted octanol–water partition coefficient (Wildman–Crippen LogP) is 3.02. The second-order valence-electron chi connectivity index (χ2n) is 5.04. The summed E-state index contributed by atoms with van der Waals surface area (Å²) in [6.07, 6.45) is 1.99. The van der Waals surface area contributed by atoms with Crippen LogP contribution in [-0.2, 0) is 0 Å². The molecule has 5 nitrogen and oxygen atoms in total. The highest BCUT2D eigenvalue weighted by Gasteiger charge is 2.18. The average Bonchev–Trinajstić information content (AvgIpc) is 2.46. The van der Waals surface area contributed by atoms with E-state index in [1.165, 1.54) is 0 Å². The summed E-state index contributed by atoms with van der Waals surface area (Å²) < 4.78 is 16.4. The van der Waals surface area contributed by atoms with Crippen LogP contribution in [0.1, 0.15) is 44.0 Å². The van der Waals surface area contributed by atoms with Crippen LogP contribution in [0.2, 0.25) is 0 Å². The number of amides is 1. The van der Waals surface area contributed by atoms with E-state index in [1.807, 2.05) is 13.8 Å². The number of rotatable bonds is 8. The molecule has 1 aromatic rings. The van der Waals surface area contributed by atoms with Gasteiger partial charge in [-0.3, -0.25) is 4.79 Å². The molecule has 0 unspecified atom stereocenters. The van der Waals surface area contributed by atoms with Gasteiger partial charge in [-0.15, -0.1) is 0 Å². The maximum absolute atomic E-state index is 12.1. The minimum absolute atomic E-state index is 0.0648. The molecule has 0 bridgehead atoms. The normalized spacial score (nSPS) is 10.4. The van der Waals surface area contributed by atoms with Crippen LogP contribution in [-0.4, -0.2) is 32.8 Å². The molecule has 1 N–H and O–H groups in total. The zero-order valence-electron chi connectivity index (χ0n) is 13.5. The molecule has 0 atom stereocenters. The van der Waals surface area contributed by atoms with Crippen molar-refractivity contribution < 1.29 is 19.0 Å². The van der Waals surface area contributed by atoms with Crippen molar-refractivity contribution >= 4 is 5.91 Å². The summed E-state index contributed by atoms with van der Waals surface area (Å²) in [6, 6.07) is 3.40. The lowest BCUT2D eigenvalue weighted by Crippen LogP contribution is -2.30. The molecule has 118 valence electrons. The van der Waals surface area contributed by atoms with Gasteiger partial charge in [0.15, 0.2) is 11.5 Å². The Labute approximate surface area is 126 Å². The first-order chi connectivity index (χ1) is 10.0. The number of carbonyl (C=O) groups excluding carboxylic acids is 1. The van der Waals surface area contributed by atoms with E-state index >= 15 is 0 Å². The molecule has 1 rings (SSSR count). The number of ether oxygens (including phenoxy) is 3. The molecular formula is C16H25NO4. The summed E-state index contributed by atoms with van der Waals surface area (Å²) in [6.45, 7) is 6.50. The topological polar surface area (TPSA) is 56.8 Å². The maximum atomic E-state index is 12.1. The van der Waals surface area contributed by atoms with Crippen LogP contribution < -0.4 is 19.5 Å². The van der Waals surface area contributed by atoms with Gasteiger partial charge >= 0.3 is 0 Å². The number of nitrogens with one attached hydrogen (secondary N) is 1. The van der Waals surface area contributed by atoms with Gasteiger partial charge in [0.2, 0.25) is 5.75 Å². The summed E-state index contributed by atoms with van der Waals surface area (Å²) in [5.74, 6) is 1.37. The molecule has 0 spiro atoms. The number of hydrogen-bond acceptors (Lipinski definition) is 4. The van der Waals surface area contributed by atoms with Crippen LogP contribution in [0.25, 0.3) is 0 Å². The zero-order valence-corrected chi connectivity index (χ0v) is 13.5. The molecule has 0 aliphatic carbocycles. The highest BCUT2D eigenvalue weighted by atomic mass is 16.5. The highest BCUT2D eigenvalue weighted by molar-refractivity contribution is 5.95. The molecule has 0 heterocycles. The predicted molar refractivity (Wildman–Crippen MR) is 82.6 cm³/mol. The Kier molecular flexibility index (Phi) is 6.85. The smallest absolute Gasteiger partial charge is 0.251 e. The van der Waals surface area contributed by atoms with Crippen molar-refractivity contribution in [1.82, 2.24) is 5.32 Å². The third-order valence-electron chi connectivity index (χ3n) is 2.89. The van der Waals surface area contributed by atoms with Gasteiger partial charge in [0.1, 0.15) is 0 Å². The summed E-state index contributed by atoms with van der Waals surface area (Å²) in [5.41, 5.74) is 0.486. The molecule has 1 amide bonds. The molecule has 1 aromatic carbocycles. The molecule has 0 fully saturated rings. The molecule has 5 heteroatoms.